The molecule has 0 aliphatic rings. The first-order chi connectivity index (χ1) is 8.24. The van der Waals surface area contributed by atoms with Crippen LogP contribution in [-0.4, -0.2) is 22.0 Å². The van der Waals surface area contributed by atoms with Crippen LogP contribution in [0.5, 0.6) is 0 Å². The highest BCUT2D eigenvalue weighted by Crippen LogP contribution is 2.02. The first kappa shape index (κ1) is 13.7. The van der Waals surface area contributed by atoms with Gasteiger partial charge in [0.2, 0.25) is 5.91 Å². The molecule has 0 spiro atoms. The molecule has 0 aliphatic heterocycles. The van der Waals surface area contributed by atoms with Gasteiger partial charge in [0.25, 0.3) is 0 Å². The number of carbonyl (C=O) groups excluding carboxylic acids is 1. The van der Waals surface area contributed by atoms with Gasteiger partial charge < -0.3 is 15.6 Å². The van der Waals surface area contributed by atoms with E-state index >= 15 is 0 Å². The number of nitrogens with zero attached hydrogens (tertiary/aromatic N) is 2. The van der Waals surface area contributed by atoms with E-state index in [-0.39, 0.29) is 5.91 Å². The number of nitrogens with two attached hydrogens (primary N) is 1. The van der Waals surface area contributed by atoms with Crippen molar-refractivity contribution in [1.82, 2.24) is 14.9 Å². The Kier molecular flexibility index (Phi) is 6.32. The molecule has 1 aromatic heterocycles. The van der Waals surface area contributed by atoms with E-state index in [9.17, 15) is 4.79 Å². The lowest BCUT2D eigenvalue weighted by atomic mass is 10.1. The molecule has 1 aromatic rings. The Morgan fingerprint density at radius 1 is 1.41 bits per heavy atom. The van der Waals surface area contributed by atoms with Gasteiger partial charge in [-0.3, -0.25) is 4.79 Å². The summed E-state index contributed by atoms with van der Waals surface area (Å²) in [6.07, 6.45) is 8.37. The van der Waals surface area contributed by atoms with Crippen LogP contribution in [0.4, 0.5) is 0 Å². The second-order valence-electron chi connectivity index (χ2n) is 4.18. The lowest BCUT2D eigenvalue weighted by Crippen LogP contribution is -2.23. The summed E-state index contributed by atoms with van der Waals surface area (Å²) in [4.78, 5) is 15.7. The van der Waals surface area contributed by atoms with E-state index in [0.29, 0.717) is 13.0 Å². The van der Waals surface area contributed by atoms with Crippen molar-refractivity contribution in [3.8, 4) is 0 Å². The lowest BCUT2D eigenvalue weighted by molar-refractivity contribution is -0.121. The molecule has 0 radical (unpaired) electrons. The van der Waals surface area contributed by atoms with Crippen LogP contribution in [0.1, 0.15) is 37.9 Å². The number of aryl methyl sites for hydroxylation is 1. The quantitative estimate of drug-likeness (QED) is 0.662. The minimum absolute atomic E-state index is 0.0979. The number of hydrogen-bond acceptors (Lipinski definition) is 3. The zero-order valence-corrected chi connectivity index (χ0v) is 10.5. The maximum Gasteiger partial charge on any atom is 0.220 e. The number of rotatable bonds is 8. The van der Waals surface area contributed by atoms with E-state index in [1.165, 1.54) is 0 Å². The molecule has 5 heteroatoms. The molecule has 1 heterocycles. The van der Waals surface area contributed by atoms with Crippen molar-refractivity contribution in [2.24, 2.45) is 12.8 Å². The SMILES string of the molecule is Cn1ccnc1CNC(=O)CCCCCCN. The van der Waals surface area contributed by atoms with E-state index < -0.39 is 0 Å². The molecule has 1 rings (SSSR count). The number of nitrogens with one attached hydrogen (secondary N) is 1. The number of carbonyl (C=O) groups is 1. The summed E-state index contributed by atoms with van der Waals surface area (Å²) in [6.45, 7) is 1.25. The average molecular weight is 238 g/mol. The van der Waals surface area contributed by atoms with Crippen LogP contribution < -0.4 is 11.1 Å². The van der Waals surface area contributed by atoms with Crippen molar-refractivity contribution in [2.75, 3.05) is 6.54 Å². The molecular weight excluding hydrogens is 216 g/mol. The second-order valence-corrected chi connectivity index (χ2v) is 4.18. The minimum atomic E-state index is 0.0979. The minimum Gasteiger partial charge on any atom is -0.349 e. The molecule has 0 saturated carbocycles. The van der Waals surface area contributed by atoms with Crippen molar-refractivity contribution in [1.29, 1.82) is 0 Å². The van der Waals surface area contributed by atoms with Crippen molar-refractivity contribution in [2.45, 2.75) is 38.6 Å². The highest BCUT2D eigenvalue weighted by molar-refractivity contribution is 5.75. The zero-order chi connectivity index (χ0) is 12.5. The normalized spacial score (nSPS) is 10.5. The Balaban J connectivity index is 2.07. The fourth-order valence-electron chi connectivity index (χ4n) is 1.62. The Hall–Kier alpha value is -1.36. The van der Waals surface area contributed by atoms with Crippen molar-refractivity contribution in [3.05, 3.63) is 18.2 Å². The second kappa shape index (κ2) is 7.84. The van der Waals surface area contributed by atoms with Crippen LogP contribution in [0.15, 0.2) is 12.4 Å². The molecule has 0 fully saturated rings. The number of amides is 1. The predicted molar refractivity (Wildman–Crippen MR) is 67.2 cm³/mol. The number of aromatic nitrogens is 2. The highest BCUT2D eigenvalue weighted by atomic mass is 16.1. The highest BCUT2D eigenvalue weighted by Gasteiger charge is 2.03. The zero-order valence-electron chi connectivity index (χ0n) is 10.5. The first-order valence-corrected chi connectivity index (χ1v) is 6.17. The third-order valence-electron chi connectivity index (χ3n) is 2.72. The van der Waals surface area contributed by atoms with E-state index in [2.05, 4.69) is 10.3 Å². The monoisotopic (exact) mass is 238 g/mol. The summed E-state index contributed by atoms with van der Waals surface area (Å²) in [5.41, 5.74) is 5.40. The van der Waals surface area contributed by atoms with Crippen LogP contribution in [-0.2, 0) is 18.4 Å². The van der Waals surface area contributed by atoms with Crippen LogP contribution in [0, 0.1) is 0 Å². The Morgan fingerprint density at radius 3 is 2.82 bits per heavy atom. The summed E-state index contributed by atoms with van der Waals surface area (Å²) in [5.74, 6) is 0.974. The van der Waals surface area contributed by atoms with Gasteiger partial charge in [-0.2, -0.15) is 0 Å². The summed E-state index contributed by atoms with van der Waals surface area (Å²) < 4.78 is 1.90. The number of imidazole rings is 1. The molecular formula is C12H22N4O. The van der Waals surface area contributed by atoms with Crippen LogP contribution in [0.3, 0.4) is 0 Å². The van der Waals surface area contributed by atoms with Crippen molar-refractivity contribution >= 4 is 5.91 Å². The number of unbranched alkanes of at least 4 members (excludes halogenated alkanes) is 3. The maximum absolute atomic E-state index is 11.5. The van der Waals surface area contributed by atoms with Gasteiger partial charge in [0, 0.05) is 25.9 Å². The predicted octanol–water partition coefficient (Wildman–Crippen LogP) is 0.945. The molecule has 0 bridgehead atoms. The van der Waals surface area contributed by atoms with E-state index in [0.717, 1.165) is 38.1 Å². The molecule has 0 aliphatic carbocycles. The molecule has 1 amide bonds. The fraction of sp³-hybridized carbons (Fsp3) is 0.667. The Morgan fingerprint density at radius 2 is 2.18 bits per heavy atom. The summed E-state index contributed by atoms with van der Waals surface area (Å²) in [7, 11) is 1.92. The van der Waals surface area contributed by atoms with Crippen LogP contribution in [0.2, 0.25) is 0 Å². The molecule has 0 aromatic carbocycles. The van der Waals surface area contributed by atoms with E-state index in [4.69, 9.17) is 5.73 Å². The standard InChI is InChI=1S/C12H22N4O/c1-16-9-8-14-11(16)10-15-12(17)6-4-2-3-5-7-13/h8-9H,2-7,10,13H2,1H3,(H,15,17). The maximum atomic E-state index is 11.5. The molecule has 17 heavy (non-hydrogen) atoms. The van der Waals surface area contributed by atoms with Gasteiger partial charge in [0.15, 0.2) is 0 Å². The molecule has 5 nitrogen and oxygen atoms in total. The molecule has 96 valence electrons. The van der Waals surface area contributed by atoms with Gasteiger partial charge in [0.1, 0.15) is 5.82 Å². The molecule has 0 saturated heterocycles. The lowest BCUT2D eigenvalue weighted by Gasteiger charge is -2.05. The summed E-state index contributed by atoms with van der Waals surface area (Å²) in [5, 5.41) is 2.87. The molecule has 3 N–H and O–H groups in total. The van der Waals surface area contributed by atoms with Gasteiger partial charge in [-0.25, -0.2) is 4.98 Å². The summed E-state index contributed by atoms with van der Waals surface area (Å²) in [6, 6.07) is 0. The topological polar surface area (TPSA) is 72.9 Å². The third-order valence-corrected chi connectivity index (χ3v) is 2.72. The fourth-order valence-corrected chi connectivity index (χ4v) is 1.62. The van der Waals surface area contributed by atoms with Crippen LogP contribution in [0.25, 0.3) is 0 Å². The van der Waals surface area contributed by atoms with E-state index in [1.54, 1.807) is 6.20 Å². The Bertz CT molecular complexity index is 335. The van der Waals surface area contributed by atoms with Gasteiger partial charge in [0.05, 0.1) is 6.54 Å². The van der Waals surface area contributed by atoms with Gasteiger partial charge in [-0.1, -0.05) is 12.8 Å². The van der Waals surface area contributed by atoms with E-state index in [1.807, 2.05) is 17.8 Å². The van der Waals surface area contributed by atoms with Crippen molar-refractivity contribution < 1.29 is 4.79 Å². The van der Waals surface area contributed by atoms with Crippen LogP contribution >= 0.6 is 0 Å². The Labute approximate surface area is 102 Å². The molecule has 0 unspecified atom stereocenters. The largest absolute Gasteiger partial charge is 0.349 e. The average Bonchev–Trinajstić information content (AvgIpc) is 2.72. The van der Waals surface area contributed by atoms with Gasteiger partial charge >= 0.3 is 0 Å². The van der Waals surface area contributed by atoms with Gasteiger partial charge in [-0.15, -0.1) is 0 Å². The first-order valence-electron chi connectivity index (χ1n) is 6.17. The smallest absolute Gasteiger partial charge is 0.220 e. The van der Waals surface area contributed by atoms with Gasteiger partial charge in [-0.05, 0) is 19.4 Å². The van der Waals surface area contributed by atoms with Crippen molar-refractivity contribution in [3.63, 3.8) is 0 Å². The summed E-state index contributed by atoms with van der Waals surface area (Å²) >= 11 is 0. The number of hydrogen-bond donors (Lipinski definition) is 2. The molecule has 0 atom stereocenters. The third kappa shape index (κ3) is 5.49.